The number of halogens is 2. The Hall–Kier alpha value is -3.85. The molecule has 32 heavy (non-hydrogen) atoms. The number of benzene rings is 2. The van der Waals surface area contributed by atoms with Crippen LogP contribution in [0.5, 0.6) is 0 Å². The van der Waals surface area contributed by atoms with Crippen LogP contribution in [0, 0.1) is 18.6 Å². The molecule has 4 N–H and O–H groups in total. The van der Waals surface area contributed by atoms with E-state index in [4.69, 9.17) is 5.73 Å². The number of aromatic nitrogens is 3. The van der Waals surface area contributed by atoms with Crippen LogP contribution in [0.25, 0.3) is 16.8 Å². The van der Waals surface area contributed by atoms with Gasteiger partial charge in [0, 0.05) is 23.9 Å². The molecular formula is C23H21F2N5O2. The number of amides is 1. The van der Waals surface area contributed by atoms with Crippen LogP contribution >= 0.6 is 0 Å². The molecule has 2 aromatic heterocycles. The SMILES string of the molecule is Cc1cc(F)c(-c2ccn3nc(N)nc3c2)cc1C(=O)NCC[C@@H](O)c1ccc(F)cc1. The van der Waals surface area contributed by atoms with Crippen molar-refractivity contribution in [2.24, 2.45) is 0 Å². The third kappa shape index (κ3) is 4.42. The van der Waals surface area contributed by atoms with Crippen molar-refractivity contribution in [3.63, 3.8) is 0 Å². The number of aliphatic hydroxyl groups excluding tert-OH is 1. The summed E-state index contributed by atoms with van der Waals surface area (Å²) in [5, 5.41) is 17.0. The van der Waals surface area contributed by atoms with Gasteiger partial charge in [0.05, 0.1) is 6.10 Å². The van der Waals surface area contributed by atoms with Crippen LogP contribution in [0.3, 0.4) is 0 Å². The Bertz CT molecular complexity index is 1290. The Kier molecular flexibility index (Phi) is 5.83. The van der Waals surface area contributed by atoms with Crippen molar-refractivity contribution in [3.05, 3.63) is 83.1 Å². The summed E-state index contributed by atoms with van der Waals surface area (Å²) in [4.78, 5) is 16.8. The second-order valence-electron chi connectivity index (χ2n) is 7.45. The van der Waals surface area contributed by atoms with Gasteiger partial charge in [0.2, 0.25) is 5.95 Å². The highest BCUT2D eigenvalue weighted by molar-refractivity contribution is 5.97. The molecule has 2 aromatic carbocycles. The van der Waals surface area contributed by atoms with E-state index in [0.717, 1.165) is 0 Å². The zero-order chi connectivity index (χ0) is 22.8. The Morgan fingerprint density at radius 3 is 2.69 bits per heavy atom. The number of nitrogen functional groups attached to an aromatic ring is 1. The molecule has 0 saturated carbocycles. The lowest BCUT2D eigenvalue weighted by Gasteiger charge is -2.14. The van der Waals surface area contributed by atoms with Crippen molar-refractivity contribution in [1.29, 1.82) is 0 Å². The summed E-state index contributed by atoms with van der Waals surface area (Å²) >= 11 is 0. The van der Waals surface area contributed by atoms with E-state index in [-0.39, 0.29) is 36.2 Å². The number of aryl methyl sites for hydroxylation is 1. The second kappa shape index (κ2) is 8.72. The third-order valence-corrected chi connectivity index (χ3v) is 5.18. The number of hydrogen-bond donors (Lipinski definition) is 3. The smallest absolute Gasteiger partial charge is 0.251 e. The Morgan fingerprint density at radius 2 is 1.94 bits per heavy atom. The summed E-state index contributed by atoms with van der Waals surface area (Å²) in [6.07, 6.45) is 1.02. The molecule has 4 rings (SSSR count). The number of anilines is 1. The maximum absolute atomic E-state index is 14.7. The predicted octanol–water partition coefficient (Wildman–Crippen LogP) is 3.42. The lowest BCUT2D eigenvalue weighted by molar-refractivity contribution is 0.0942. The number of carbonyl (C=O) groups is 1. The lowest BCUT2D eigenvalue weighted by Crippen LogP contribution is -2.26. The molecule has 2 heterocycles. The average Bonchev–Trinajstić information content (AvgIpc) is 3.13. The van der Waals surface area contributed by atoms with Gasteiger partial charge in [-0.15, -0.1) is 5.10 Å². The number of carbonyl (C=O) groups excluding carboxylic acids is 1. The van der Waals surface area contributed by atoms with Crippen LogP contribution < -0.4 is 11.1 Å². The molecule has 1 atom stereocenters. The van der Waals surface area contributed by atoms with Gasteiger partial charge in [-0.05, 0) is 66.4 Å². The van der Waals surface area contributed by atoms with E-state index in [2.05, 4.69) is 15.4 Å². The van der Waals surface area contributed by atoms with E-state index in [1.165, 1.54) is 40.9 Å². The van der Waals surface area contributed by atoms with Gasteiger partial charge in [0.1, 0.15) is 11.6 Å². The minimum Gasteiger partial charge on any atom is -0.388 e. The summed E-state index contributed by atoms with van der Waals surface area (Å²) in [6.45, 7) is 1.84. The molecule has 0 saturated heterocycles. The van der Waals surface area contributed by atoms with Crippen LogP contribution in [-0.4, -0.2) is 32.2 Å². The fourth-order valence-electron chi connectivity index (χ4n) is 3.47. The van der Waals surface area contributed by atoms with Gasteiger partial charge in [0.25, 0.3) is 5.91 Å². The van der Waals surface area contributed by atoms with Gasteiger partial charge in [-0.2, -0.15) is 4.98 Å². The molecule has 7 nitrogen and oxygen atoms in total. The van der Waals surface area contributed by atoms with Gasteiger partial charge in [-0.25, -0.2) is 13.3 Å². The average molecular weight is 437 g/mol. The maximum atomic E-state index is 14.7. The minimum atomic E-state index is -0.844. The monoisotopic (exact) mass is 437 g/mol. The first-order valence-corrected chi connectivity index (χ1v) is 9.96. The second-order valence-corrected chi connectivity index (χ2v) is 7.45. The van der Waals surface area contributed by atoms with Crippen molar-refractivity contribution in [2.45, 2.75) is 19.4 Å². The lowest BCUT2D eigenvalue weighted by atomic mass is 9.99. The molecule has 0 aliphatic rings. The number of nitrogens with two attached hydrogens (primary N) is 1. The summed E-state index contributed by atoms with van der Waals surface area (Å²) in [5.41, 5.74) is 8.20. The standard InChI is InChI=1S/C23H21F2N5O2/c1-13-10-19(25)18(15-7-9-30-21(11-15)28-23(26)29-30)12-17(13)22(32)27-8-6-20(31)14-2-4-16(24)5-3-14/h2-5,7,9-12,20,31H,6,8H2,1H3,(H2,26,29)(H,27,32)/t20-/m1/s1. The van der Waals surface area contributed by atoms with E-state index in [1.54, 1.807) is 25.3 Å². The normalized spacial score (nSPS) is 12.1. The molecule has 164 valence electrons. The predicted molar refractivity (Wildman–Crippen MR) is 116 cm³/mol. The number of nitrogens with zero attached hydrogens (tertiary/aromatic N) is 3. The summed E-state index contributed by atoms with van der Waals surface area (Å²) in [7, 11) is 0. The highest BCUT2D eigenvalue weighted by Crippen LogP contribution is 2.27. The first kappa shape index (κ1) is 21.4. The summed E-state index contributed by atoms with van der Waals surface area (Å²) in [5.74, 6) is -1.14. The molecular weight excluding hydrogens is 416 g/mol. The number of rotatable bonds is 6. The van der Waals surface area contributed by atoms with Gasteiger partial charge < -0.3 is 16.2 Å². The van der Waals surface area contributed by atoms with E-state index in [9.17, 15) is 18.7 Å². The molecule has 1 amide bonds. The van der Waals surface area contributed by atoms with Crippen molar-refractivity contribution in [1.82, 2.24) is 19.9 Å². The Morgan fingerprint density at radius 1 is 1.19 bits per heavy atom. The fraction of sp³-hybridized carbons (Fsp3) is 0.174. The van der Waals surface area contributed by atoms with Gasteiger partial charge >= 0.3 is 0 Å². The number of fused-ring (bicyclic) bond motifs is 1. The van der Waals surface area contributed by atoms with E-state index < -0.39 is 11.9 Å². The van der Waals surface area contributed by atoms with Crippen LogP contribution in [0.15, 0.2) is 54.7 Å². The number of pyridine rings is 1. The number of nitrogens with one attached hydrogen (secondary N) is 1. The molecule has 9 heteroatoms. The quantitative estimate of drug-likeness (QED) is 0.429. The van der Waals surface area contributed by atoms with Crippen molar-refractivity contribution >= 4 is 17.5 Å². The Labute approximate surface area is 182 Å². The van der Waals surface area contributed by atoms with E-state index in [0.29, 0.717) is 27.9 Å². The molecule has 0 unspecified atom stereocenters. The molecule has 0 aliphatic heterocycles. The molecule has 0 bridgehead atoms. The molecule has 4 aromatic rings. The number of hydrogen-bond acceptors (Lipinski definition) is 5. The van der Waals surface area contributed by atoms with E-state index in [1.807, 2.05) is 0 Å². The largest absolute Gasteiger partial charge is 0.388 e. The highest BCUT2D eigenvalue weighted by Gasteiger charge is 2.16. The van der Waals surface area contributed by atoms with Crippen LogP contribution in [-0.2, 0) is 0 Å². The van der Waals surface area contributed by atoms with Crippen LogP contribution in [0.4, 0.5) is 14.7 Å². The summed E-state index contributed by atoms with van der Waals surface area (Å²) < 4.78 is 29.2. The molecule has 0 aliphatic carbocycles. The van der Waals surface area contributed by atoms with Crippen LogP contribution in [0.2, 0.25) is 0 Å². The molecule has 0 radical (unpaired) electrons. The zero-order valence-electron chi connectivity index (χ0n) is 17.2. The maximum Gasteiger partial charge on any atom is 0.251 e. The Balaban J connectivity index is 1.50. The van der Waals surface area contributed by atoms with Crippen molar-refractivity contribution in [3.8, 4) is 11.1 Å². The third-order valence-electron chi connectivity index (χ3n) is 5.18. The van der Waals surface area contributed by atoms with Crippen LogP contribution in [0.1, 0.15) is 34.0 Å². The van der Waals surface area contributed by atoms with Gasteiger partial charge in [-0.3, -0.25) is 4.79 Å². The fourth-order valence-corrected chi connectivity index (χ4v) is 3.47. The van der Waals surface area contributed by atoms with Gasteiger partial charge in [-0.1, -0.05) is 12.1 Å². The topological polar surface area (TPSA) is 106 Å². The highest BCUT2D eigenvalue weighted by atomic mass is 19.1. The van der Waals surface area contributed by atoms with E-state index >= 15 is 0 Å². The molecule has 0 fully saturated rings. The number of aliphatic hydroxyl groups is 1. The molecule has 0 spiro atoms. The summed E-state index contributed by atoms with van der Waals surface area (Å²) in [6, 6.07) is 11.6. The first-order chi connectivity index (χ1) is 15.3. The minimum absolute atomic E-state index is 0.106. The first-order valence-electron chi connectivity index (χ1n) is 9.96. The van der Waals surface area contributed by atoms with Crippen molar-refractivity contribution in [2.75, 3.05) is 12.3 Å². The zero-order valence-corrected chi connectivity index (χ0v) is 17.2. The van der Waals surface area contributed by atoms with Gasteiger partial charge in [0.15, 0.2) is 5.65 Å². The van der Waals surface area contributed by atoms with Crippen molar-refractivity contribution < 1.29 is 18.7 Å².